The van der Waals surface area contributed by atoms with Crippen LogP contribution >= 0.6 is 11.5 Å². The minimum Gasteiger partial charge on any atom is -0.443 e. The van der Waals surface area contributed by atoms with E-state index in [-0.39, 0.29) is 10.8 Å². The van der Waals surface area contributed by atoms with Crippen molar-refractivity contribution in [1.29, 1.82) is 5.26 Å². The van der Waals surface area contributed by atoms with Gasteiger partial charge in [0.25, 0.3) is 0 Å². The van der Waals surface area contributed by atoms with E-state index in [9.17, 15) is 5.26 Å². The van der Waals surface area contributed by atoms with Gasteiger partial charge in [-0.05, 0) is 37.0 Å². The molecule has 2 rings (SSSR count). The molecule has 0 unspecified atom stereocenters. The molecule has 0 bridgehead atoms. The highest BCUT2D eigenvalue weighted by Gasteiger charge is 2.27. The maximum absolute atomic E-state index is 9.72. The summed E-state index contributed by atoms with van der Waals surface area (Å²) in [7, 11) is 2.00. The molecule has 0 aliphatic heterocycles. The van der Waals surface area contributed by atoms with E-state index in [1.807, 2.05) is 31.3 Å². The number of nitriles is 1. The van der Waals surface area contributed by atoms with Gasteiger partial charge < -0.3 is 9.64 Å². The van der Waals surface area contributed by atoms with E-state index >= 15 is 0 Å². The average molecular weight is 413 g/mol. The van der Waals surface area contributed by atoms with Crippen molar-refractivity contribution in [3.05, 3.63) is 34.5 Å². The molecule has 0 aliphatic carbocycles. The first-order valence-electron chi connectivity index (χ1n) is 9.86. The van der Waals surface area contributed by atoms with Crippen LogP contribution in [0.5, 0.6) is 10.8 Å². The zero-order chi connectivity index (χ0) is 22.0. The molecule has 0 atom stereocenters. The molecule has 0 spiro atoms. The van der Waals surface area contributed by atoms with E-state index in [0.717, 1.165) is 34.8 Å². The number of rotatable bonds is 5. The molecule has 29 heavy (non-hydrogen) atoms. The summed E-state index contributed by atoms with van der Waals surface area (Å²) < 4.78 is 10.8. The second-order valence-electron chi connectivity index (χ2n) is 9.36. The fourth-order valence-corrected chi connectivity index (χ4v) is 3.68. The lowest BCUT2D eigenvalue weighted by molar-refractivity contribution is 0.462. The van der Waals surface area contributed by atoms with Crippen molar-refractivity contribution < 1.29 is 4.74 Å². The molecule has 1 aromatic carbocycles. The molecule has 156 valence electrons. The lowest BCUT2D eigenvalue weighted by Crippen LogP contribution is -2.15. The van der Waals surface area contributed by atoms with Crippen molar-refractivity contribution in [3.8, 4) is 16.9 Å². The molecule has 1 heterocycles. The van der Waals surface area contributed by atoms with Crippen molar-refractivity contribution in [2.75, 3.05) is 13.6 Å². The van der Waals surface area contributed by atoms with Crippen LogP contribution < -0.4 is 4.74 Å². The number of aromatic nitrogens is 1. The minimum absolute atomic E-state index is 0.145. The number of aliphatic imine (C=N–C) groups is 1. The summed E-state index contributed by atoms with van der Waals surface area (Å²) in [6, 6.07) is 6.38. The zero-order valence-electron chi connectivity index (χ0n) is 19.0. The number of ether oxygens (including phenoxy) is 1. The molecule has 0 fully saturated rings. The Morgan fingerprint density at radius 1 is 1.21 bits per heavy atom. The third kappa shape index (κ3) is 5.36. The van der Waals surface area contributed by atoms with Gasteiger partial charge in [0, 0.05) is 36.1 Å². The summed E-state index contributed by atoms with van der Waals surface area (Å²) >= 11 is 1.24. The van der Waals surface area contributed by atoms with Gasteiger partial charge in [-0.3, -0.25) is 0 Å². The predicted molar refractivity (Wildman–Crippen MR) is 122 cm³/mol. The van der Waals surface area contributed by atoms with E-state index in [1.165, 1.54) is 11.5 Å². The van der Waals surface area contributed by atoms with Crippen molar-refractivity contribution in [2.45, 2.75) is 66.2 Å². The van der Waals surface area contributed by atoms with Gasteiger partial charge in [-0.25, -0.2) is 4.99 Å². The van der Waals surface area contributed by atoms with Crippen LogP contribution in [0.2, 0.25) is 0 Å². The summed E-state index contributed by atoms with van der Waals surface area (Å²) in [5, 5.41) is 10.3. The number of aryl methyl sites for hydroxylation is 1. The Bertz CT molecular complexity index is 939. The van der Waals surface area contributed by atoms with Crippen LogP contribution in [0, 0.1) is 18.3 Å². The molecule has 0 aliphatic rings. The highest BCUT2D eigenvalue weighted by Crippen LogP contribution is 2.42. The summed E-state index contributed by atoms with van der Waals surface area (Å²) in [6.45, 7) is 17.6. The van der Waals surface area contributed by atoms with E-state index < -0.39 is 0 Å². The first kappa shape index (κ1) is 22.9. The Labute approximate surface area is 179 Å². The minimum atomic E-state index is -0.212. The van der Waals surface area contributed by atoms with Crippen LogP contribution in [0.25, 0.3) is 0 Å². The SMILES string of the molecule is CCN(C)C=Nc1cc(C(C)(C)C)c(Oc2snc(C(C)(C)C)c2C#N)cc1C. The van der Waals surface area contributed by atoms with Gasteiger partial charge in [-0.1, -0.05) is 41.5 Å². The van der Waals surface area contributed by atoms with Crippen molar-refractivity contribution in [3.63, 3.8) is 0 Å². The van der Waals surface area contributed by atoms with Crippen LogP contribution in [-0.2, 0) is 10.8 Å². The Kier molecular flexibility index (Phi) is 6.74. The standard InChI is InChI=1S/C23H32N4OS/c1-10-27(9)14-25-18-12-17(22(3,4)5)19(11-15(18)2)28-21-16(13-24)20(26-29-21)23(6,7)8/h11-12,14H,10H2,1-9H3. The largest absolute Gasteiger partial charge is 0.443 e. The Morgan fingerprint density at radius 3 is 2.38 bits per heavy atom. The molecule has 0 amide bonds. The van der Waals surface area contributed by atoms with Crippen LogP contribution in [-0.4, -0.2) is 29.2 Å². The fourth-order valence-electron chi connectivity index (χ4n) is 2.78. The first-order valence-corrected chi connectivity index (χ1v) is 10.6. The van der Waals surface area contributed by atoms with E-state index in [4.69, 9.17) is 4.74 Å². The third-order valence-electron chi connectivity index (χ3n) is 4.68. The van der Waals surface area contributed by atoms with Crippen LogP contribution in [0.3, 0.4) is 0 Å². The molecule has 0 radical (unpaired) electrons. The summed E-state index contributed by atoms with van der Waals surface area (Å²) in [4.78, 5) is 6.69. The molecule has 1 aromatic heterocycles. The van der Waals surface area contributed by atoms with Gasteiger partial charge >= 0.3 is 0 Å². The molecule has 0 N–H and O–H groups in total. The fraction of sp³-hybridized carbons (Fsp3) is 0.522. The van der Waals surface area contributed by atoms with Gasteiger partial charge in [-0.15, -0.1) is 0 Å². The first-order chi connectivity index (χ1) is 13.4. The summed E-state index contributed by atoms with van der Waals surface area (Å²) in [6.07, 6.45) is 1.85. The maximum Gasteiger partial charge on any atom is 0.218 e. The van der Waals surface area contributed by atoms with Gasteiger partial charge in [0.2, 0.25) is 5.06 Å². The van der Waals surface area contributed by atoms with E-state index in [0.29, 0.717) is 10.6 Å². The Balaban J connectivity index is 2.54. The van der Waals surface area contributed by atoms with Crippen LogP contribution in [0.1, 0.15) is 70.9 Å². The van der Waals surface area contributed by atoms with Crippen LogP contribution in [0.4, 0.5) is 5.69 Å². The van der Waals surface area contributed by atoms with Crippen LogP contribution in [0.15, 0.2) is 17.1 Å². The highest BCUT2D eigenvalue weighted by atomic mass is 32.1. The Morgan fingerprint density at radius 2 is 1.86 bits per heavy atom. The quantitative estimate of drug-likeness (QED) is 0.426. The number of hydrogen-bond donors (Lipinski definition) is 0. The number of hydrogen-bond acceptors (Lipinski definition) is 5. The van der Waals surface area contributed by atoms with E-state index in [2.05, 4.69) is 70.0 Å². The lowest BCUT2D eigenvalue weighted by Gasteiger charge is -2.24. The third-order valence-corrected chi connectivity index (χ3v) is 5.41. The Hall–Kier alpha value is -2.39. The normalized spacial score (nSPS) is 12.3. The second kappa shape index (κ2) is 8.54. The second-order valence-corrected chi connectivity index (χ2v) is 10.1. The van der Waals surface area contributed by atoms with Crippen molar-refractivity contribution in [2.24, 2.45) is 4.99 Å². The zero-order valence-corrected chi connectivity index (χ0v) is 19.9. The molecular weight excluding hydrogens is 380 g/mol. The number of benzene rings is 1. The lowest BCUT2D eigenvalue weighted by atomic mass is 9.85. The van der Waals surface area contributed by atoms with Gasteiger partial charge in [-0.2, -0.15) is 9.64 Å². The van der Waals surface area contributed by atoms with Gasteiger partial charge in [0.15, 0.2) is 0 Å². The average Bonchev–Trinajstić information content (AvgIpc) is 3.02. The molecule has 2 aromatic rings. The maximum atomic E-state index is 9.72. The van der Waals surface area contributed by atoms with Gasteiger partial charge in [0.05, 0.1) is 17.7 Å². The summed E-state index contributed by atoms with van der Waals surface area (Å²) in [5.74, 6) is 0.749. The molecule has 0 saturated carbocycles. The van der Waals surface area contributed by atoms with Gasteiger partial charge in [0.1, 0.15) is 17.4 Å². The van der Waals surface area contributed by atoms with Crippen molar-refractivity contribution >= 4 is 23.6 Å². The van der Waals surface area contributed by atoms with Crippen molar-refractivity contribution in [1.82, 2.24) is 9.27 Å². The van der Waals surface area contributed by atoms with E-state index in [1.54, 1.807) is 0 Å². The molecule has 0 saturated heterocycles. The molecule has 5 nitrogen and oxygen atoms in total. The molecular formula is C23H32N4OS. The predicted octanol–water partition coefficient (Wildman–Crippen LogP) is 6.32. The molecule has 6 heteroatoms. The smallest absolute Gasteiger partial charge is 0.218 e. The topological polar surface area (TPSA) is 61.5 Å². The summed E-state index contributed by atoms with van der Waals surface area (Å²) in [5.41, 5.74) is 3.92. The number of nitrogens with zero attached hydrogens (tertiary/aromatic N) is 4. The highest BCUT2D eigenvalue weighted by molar-refractivity contribution is 7.08. The monoisotopic (exact) mass is 412 g/mol.